The number of carboxylic acid groups (broad SMARTS) is 1. The number of amides is 1. The molecule has 1 atom stereocenters. The first-order valence-corrected chi connectivity index (χ1v) is 6.41. The summed E-state index contributed by atoms with van der Waals surface area (Å²) in [7, 11) is 0. The summed E-state index contributed by atoms with van der Waals surface area (Å²) >= 11 is 0. The summed E-state index contributed by atoms with van der Waals surface area (Å²) < 4.78 is 0. The number of carbonyl (C=O) groups is 2. The minimum absolute atomic E-state index is 0.156. The van der Waals surface area contributed by atoms with Gasteiger partial charge < -0.3 is 26.4 Å². The number of nitrogens with one attached hydrogen (secondary N) is 1. The van der Waals surface area contributed by atoms with Crippen molar-refractivity contribution in [2.24, 2.45) is 5.73 Å². The molecule has 1 amide bonds. The Hall–Kier alpha value is -2.28. The molecule has 0 saturated heterocycles. The van der Waals surface area contributed by atoms with Crippen molar-refractivity contribution < 1.29 is 24.9 Å². The molecule has 7 nitrogen and oxygen atoms in total. The Morgan fingerprint density at radius 3 is 2.43 bits per heavy atom. The molecule has 0 saturated carbocycles. The zero-order valence-corrected chi connectivity index (χ0v) is 12.0. The van der Waals surface area contributed by atoms with Gasteiger partial charge in [-0.2, -0.15) is 0 Å². The van der Waals surface area contributed by atoms with E-state index in [-0.39, 0.29) is 24.3 Å². The van der Waals surface area contributed by atoms with Crippen LogP contribution in [0.25, 0.3) is 0 Å². The SMILES string of the molecule is CC(C)(CC(=O)O)NC(=O)[C@@H](N)Cc1ccc(O)c(O)c1. The standard InChI is InChI=1S/C14H20N2O5/c1-14(2,7-12(19)20)16-13(21)9(15)5-8-3-4-10(17)11(18)6-8/h3-4,6,9,17-18H,5,7,15H2,1-2H3,(H,16,21)(H,19,20)/t9-/m0/s1. The van der Waals surface area contributed by atoms with Crippen molar-refractivity contribution in [3.05, 3.63) is 23.8 Å². The van der Waals surface area contributed by atoms with E-state index in [9.17, 15) is 19.8 Å². The molecule has 0 unspecified atom stereocenters. The van der Waals surface area contributed by atoms with Gasteiger partial charge in [0.25, 0.3) is 0 Å². The van der Waals surface area contributed by atoms with Crippen LogP contribution in [0.2, 0.25) is 0 Å². The van der Waals surface area contributed by atoms with Crippen molar-refractivity contribution in [2.45, 2.75) is 38.3 Å². The number of aromatic hydroxyl groups is 2. The van der Waals surface area contributed by atoms with Crippen LogP contribution < -0.4 is 11.1 Å². The van der Waals surface area contributed by atoms with Gasteiger partial charge in [0.2, 0.25) is 5.91 Å². The average molecular weight is 296 g/mol. The summed E-state index contributed by atoms with van der Waals surface area (Å²) in [5.74, 6) is -2.03. The summed E-state index contributed by atoms with van der Waals surface area (Å²) in [5, 5.41) is 29.9. The summed E-state index contributed by atoms with van der Waals surface area (Å²) in [4.78, 5) is 22.6. The van der Waals surface area contributed by atoms with Gasteiger partial charge in [-0.05, 0) is 38.0 Å². The zero-order chi connectivity index (χ0) is 16.2. The number of aliphatic carboxylic acids is 1. The fraction of sp³-hybridized carbons (Fsp3) is 0.429. The number of benzene rings is 1. The van der Waals surface area contributed by atoms with E-state index in [2.05, 4.69) is 5.32 Å². The third kappa shape index (κ3) is 5.31. The molecular formula is C14H20N2O5. The first-order valence-electron chi connectivity index (χ1n) is 6.41. The molecule has 1 aromatic carbocycles. The maximum atomic E-state index is 12.0. The summed E-state index contributed by atoms with van der Waals surface area (Å²) in [6.07, 6.45) is -0.0612. The minimum atomic E-state index is -1.02. The van der Waals surface area contributed by atoms with Gasteiger partial charge in [0.05, 0.1) is 12.5 Å². The predicted octanol–water partition coefficient (Wildman–Crippen LogP) is 0.337. The quantitative estimate of drug-likeness (QED) is 0.481. The van der Waals surface area contributed by atoms with Crippen molar-refractivity contribution in [2.75, 3.05) is 0 Å². The van der Waals surface area contributed by atoms with Crippen LogP contribution in [0.5, 0.6) is 11.5 Å². The van der Waals surface area contributed by atoms with E-state index >= 15 is 0 Å². The largest absolute Gasteiger partial charge is 0.504 e. The van der Waals surface area contributed by atoms with Crippen LogP contribution >= 0.6 is 0 Å². The van der Waals surface area contributed by atoms with E-state index in [1.165, 1.54) is 12.1 Å². The Morgan fingerprint density at radius 2 is 1.90 bits per heavy atom. The molecule has 1 rings (SSSR count). The first-order chi connectivity index (χ1) is 9.60. The van der Waals surface area contributed by atoms with E-state index < -0.39 is 23.5 Å². The van der Waals surface area contributed by atoms with Crippen molar-refractivity contribution in [3.63, 3.8) is 0 Å². The van der Waals surface area contributed by atoms with Gasteiger partial charge in [-0.1, -0.05) is 6.07 Å². The topological polar surface area (TPSA) is 133 Å². The van der Waals surface area contributed by atoms with E-state index in [4.69, 9.17) is 10.8 Å². The molecule has 0 aliphatic carbocycles. The molecule has 0 fully saturated rings. The van der Waals surface area contributed by atoms with E-state index in [1.807, 2.05) is 0 Å². The molecule has 0 radical (unpaired) electrons. The van der Waals surface area contributed by atoms with Crippen LogP contribution in [0.3, 0.4) is 0 Å². The van der Waals surface area contributed by atoms with Crippen LogP contribution in [0.1, 0.15) is 25.8 Å². The second-order valence-corrected chi connectivity index (χ2v) is 5.58. The lowest BCUT2D eigenvalue weighted by Crippen LogP contribution is -2.52. The molecule has 0 aliphatic rings. The number of phenolic OH excluding ortho intramolecular Hbond substituents is 2. The molecule has 1 aromatic rings. The van der Waals surface area contributed by atoms with Crippen molar-refractivity contribution in [1.82, 2.24) is 5.32 Å². The number of carboxylic acids is 1. The third-order valence-electron chi connectivity index (χ3n) is 2.89. The highest BCUT2D eigenvalue weighted by Gasteiger charge is 2.26. The number of rotatable bonds is 6. The zero-order valence-electron chi connectivity index (χ0n) is 12.0. The van der Waals surface area contributed by atoms with Crippen LogP contribution in [-0.2, 0) is 16.0 Å². The molecular weight excluding hydrogens is 276 g/mol. The summed E-state index contributed by atoms with van der Waals surface area (Å²) in [6, 6.07) is 3.29. The smallest absolute Gasteiger partial charge is 0.305 e. The molecule has 0 heterocycles. The van der Waals surface area contributed by atoms with Gasteiger partial charge in [0, 0.05) is 5.54 Å². The molecule has 0 spiro atoms. The Balaban J connectivity index is 2.66. The molecule has 21 heavy (non-hydrogen) atoms. The lowest BCUT2D eigenvalue weighted by molar-refractivity contribution is -0.138. The Labute approximate surface area is 122 Å². The fourth-order valence-corrected chi connectivity index (χ4v) is 1.89. The highest BCUT2D eigenvalue weighted by Crippen LogP contribution is 2.25. The number of hydrogen-bond donors (Lipinski definition) is 5. The van der Waals surface area contributed by atoms with Gasteiger partial charge >= 0.3 is 5.97 Å². The number of hydrogen-bond acceptors (Lipinski definition) is 5. The van der Waals surface area contributed by atoms with Crippen LogP contribution in [0.4, 0.5) is 0 Å². The van der Waals surface area contributed by atoms with E-state index in [0.717, 1.165) is 0 Å². The van der Waals surface area contributed by atoms with Gasteiger partial charge in [0.15, 0.2) is 11.5 Å². The number of phenols is 2. The van der Waals surface area contributed by atoms with Gasteiger partial charge in [-0.3, -0.25) is 9.59 Å². The molecule has 116 valence electrons. The van der Waals surface area contributed by atoms with Gasteiger partial charge in [0.1, 0.15) is 0 Å². The predicted molar refractivity (Wildman–Crippen MR) is 75.9 cm³/mol. The van der Waals surface area contributed by atoms with Crippen LogP contribution in [0.15, 0.2) is 18.2 Å². The average Bonchev–Trinajstić information content (AvgIpc) is 2.31. The lowest BCUT2D eigenvalue weighted by Gasteiger charge is -2.26. The van der Waals surface area contributed by atoms with Crippen molar-refractivity contribution in [3.8, 4) is 11.5 Å². The highest BCUT2D eigenvalue weighted by atomic mass is 16.4. The molecule has 0 aliphatic heterocycles. The Morgan fingerprint density at radius 1 is 1.29 bits per heavy atom. The maximum absolute atomic E-state index is 12.0. The summed E-state index contributed by atoms with van der Waals surface area (Å²) in [6.45, 7) is 3.19. The molecule has 0 bridgehead atoms. The van der Waals surface area contributed by atoms with Gasteiger partial charge in [-0.25, -0.2) is 0 Å². The highest BCUT2D eigenvalue weighted by molar-refractivity contribution is 5.83. The molecule has 7 heteroatoms. The van der Waals surface area contributed by atoms with E-state index in [1.54, 1.807) is 19.9 Å². The van der Waals surface area contributed by atoms with Crippen LogP contribution in [0, 0.1) is 0 Å². The second-order valence-electron chi connectivity index (χ2n) is 5.58. The second kappa shape index (κ2) is 6.45. The maximum Gasteiger partial charge on any atom is 0.305 e. The Bertz CT molecular complexity index is 542. The van der Waals surface area contributed by atoms with Gasteiger partial charge in [-0.15, -0.1) is 0 Å². The normalized spacial score (nSPS) is 12.7. The van der Waals surface area contributed by atoms with Crippen LogP contribution in [-0.4, -0.2) is 38.8 Å². The Kier molecular flexibility index (Phi) is 5.15. The number of carbonyl (C=O) groups excluding carboxylic acids is 1. The van der Waals surface area contributed by atoms with Crippen molar-refractivity contribution in [1.29, 1.82) is 0 Å². The fourth-order valence-electron chi connectivity index (χ4n) is 1.89. The van der Waals surface area contributed by atoms with E-state index in [0.29, 0.717) is 5.56 Å². The van der Waals surface area contributed by atoms with Crippen molar-refractivity contribution >= 4 is 11.9 Å². The minimum Gasteiger partial charge on any atom is -0.504 e. The first kappa shape index (κ1) is 16.8. The molecule has 0 aromatic heterocycles. The monoisotopic (exact) mass is 296 g/mol. The lowest BCUT2D eigenvalue weighted by atomic mass is 9.99. The third-order valence-corrected chi connectivity index (χ3v) is 2.89. The summed E-state index contributed by atoms with van der Waals surface area (Å²) in [5.41, 5.74) is 5.45. The number of nitrogens with two attached hydrogens (primary N) is 1. The molecule has 6 N–H and O–H groups in total.